The van der Waals surface area contributed by atoms with Crippen LogP contribution in [0.2, 0.25) is 0 Å². The minimum atomic E-state index is 0.291. The van der Waals surface area contributed by atoms with E-state index in [0.717, 1.165) is 11.3 Å². The van der Waals surface area contributed by atoms with Gasteiger partial charge in [-0.3, -0.25) is 0 Å². The zero-order chi connectivity index (χ0) is 9.10. The van der Waals surface area contributed by atoms with Crippen molar-refractivity contribution in [2.45, 2.75) is 0 Å². The second kappa shape index (κ2) is 3.07. The molecule has 0 saturated carbocycles. The molecule has 1 aromatic heterocycles. The van der Waals surface area contributed by atoms with Crippen molar-refractivity contribution in [1.82, 2.24) is 10.2 Å². The van der Waals surface area contributed by atoms with Crippen LogP contribution >= 0.6 is 0 Å². The highest BCUT2D eigenvalue weighted by molar-refractivity contribution is 5.62. The molecule has 0 atom stereocenters. The zero-order valence-corrected chi connectivity index (χ0v) is 6.81. The van der Waals surface area contributed by atoms with Crippen molar-refractivity contribution in [1.29, 1.82) is 5.39 Å². The van der Waals surface area contributed by atoms with Crippen molar-refractivity contribution in [3.63, 3.8) is 0 Å². The molecular weight excluding hydrogens is 164 g/mol. The summed E-state index contributed by atoms with van der Waals surface area (Å²) in [6, 6.07) is 11.4. The number of nitrogens with zero attached hydrogens (tertiary/aromatic N) is 3. The molecule has 1 N–H and O–H groups in total. The lowest BCUT2D eigenvalue weighted by atomic mass is 10.2. The van der Waals surface area contributed by atoms with Crippen LogP contribution in [0.15, 0.2) is 36.4 Å². The molecule has 0 unspecified atom stereocenters. The molecule has 0 aliphatic carbocycles. The lowest BCUT2D eigenvalue weighted by Gasteiger charge is -1.91. The summed E-state index contributed by atoms with van der Waals surface area (Å²) in [7, 11) is 0. The third-order valence-corrected chi connectivity index (χ3v) is 1.75. The standard InChI is InChI=1S/C9H7N4/c10-11-9-6-8(12-13-9)7-4-2-1-3-5-7/h1-6H,(H,12,13)/q+1. The van der Waals surface area contributed by atoms with E-state index in [4.69, 9.17) is 5.39 Å². The van der Waals surface area contributed by atoms with Crippen LogP contribution < -0.4 is 0 Å². The fourth-order valence-corrected chi connectivity index (χ4v) is 1.13. The van der Waals surface area contributed by atoms with E-state index in [1.807, 2.05) is 30.3 Å². The first-order valence-corrected chi connectivity index (χ1v) is 3.86. The molecule has 13 heavy (non-hydrogen) atoms. The molecule has 1 heterocycles. The van der Waals surface area contributed by atoms with Crippen LogP contribution in [-0.2, 0) is 0 Å². The molecular formula is C9H7N4+. The minimum Gasteiger partial charge on any atom is -0.184 e. The van der Waals surface area contributed by atoms with E-state index in [2.05, 4.69) is 15.2 Å². The first-order chi connectivity index (χ1) is 6.40. The van der Waals surface area contributed by atoms with Gasteiger partial charge in [0.05, 0.1) is 22.3 Å². The van der Waals surface area contributed by atoms with Gasteiger partial charge in [0.15, 0.2) is 0 Å². The van der Waals surface area contributed by atoms with Crippen LogP contribution in [0.5, 0.6) is 0 Å². The Morgan fingerprint density at radius 2 is 2.00 bits per heavy atom. The third-order valence-electron chi connectivity index (χ3n) is 1.75. The average Bonchev–Trinajstić information content (AvgIpc) is 2.67. The van der Waals surface area contributed by atoms with Crippen LogP contribution in [0, 0.1) is 5.39 Å². The highest BCUT2D eigenvalue weighted by Crippen LogP contribution is 2.20. The minimum absolute atomic E-state index is 0.291. The monoisotopic (exact) mass is 171 g/mol. The SMILES string of the molecule is N#[N+]c1cc(-c2ccccc2)[nH]n1. The number of rotatable bonds is 1. The Morgan fingerprint density at radius 1 is 1.23 bits per heavy atom. The number of aromatic amines is 1. The van der Waals surface area contributed by atoms with E-state index in [1.165, 1.54) is 0 Å². The molecule has 4 heteroatoms. The topological polar surface area (TPSA) is 56.8 Å². The van der Waals surface area contributed by atoms with Crippen molar-refractivity contribution in [2.24, 2.45) is 0 Å². The summed E-state index contributed by atoms with van der Waals surface area (Å²) in [5.41, 5.74) is 1.86. The Hall–Kier alpha value is -2.15. The maximum atomic E-state index is 8.44. The zero-order valence-electron chi connectivity index (χ0n) is 6.81. The van der Waals surface area contributed by atoms with Gasteiger partial charge >= 0.3 is 5.82 Å². The van der Waals surface area contributed by atoms with Gasteiger partial charge in [-0.25, -0.2) is 0 Å². The van der Waals surface area contributed by atoms with Gasteiger partial charge in [0.25, 0.3) is 0 Å². The van der Waals surface area contributed by atoms with E-state index in [9.17, 15) is 0 Å². The van der Waals surface area contributed by atoms with Crippen molar-refractivity contribution in [2.75, 3.05) is 0 Å². The fourth-order valence-electron chi connectivity index (χ4n) is 1.13. The van der Waals surface area contributed by atoms with Crippen LogP contribution in [0.1, 0.15) is 0 Å². The van der Waals surface area contributed by atoms with Gasteiger partial charge in [-0.2, -0.15) is 5.10 Å². The van der Waals surface area contributed by atoms with Crippen LogP contribution in [0.4, 0.5) is 5.82 Å². The van der Waals surface area contributed by atoms with Crippen molar-refractivity contribution in [3.05, 3.63) is 41.4 Å². The molecule has 2 rings (SSSR count). The molecule has 2 aromatic rings. The molecule has 0 spiro atoms. The first-order valence-electron chi connectivity index (χ1n) is 3.86. The molecule has 0 aliphatic heterocycles. The highest BCUT2D eigenvalue weighted by atomic mass is 15.2. The molecule has 0 amide bonds. The molecule has 1 aromatic carbocycles. The molecule has 0 fully saturated rings. The van der Waals surface area contributed by atoms with Crippen LogP contribution in [0.3, 0.4) is 0 Å². The normalized spacial score (nSPS) is 9.46. The van der Waals surface area contributed by atoms with Crippen molar-refractivity contribution >= 4 is 5.82 Å². The van der Waals surface area contributed by atoms with Gasteiger partial charge in [-0.15, -0.1) is 0 Å². The Balaban J connectivity index is 2.43. The number of hydrogen-bond donors (Lipinski definition) is 1. The molecule has 0 saturated heterocycles. The number of benzene rings is 1. The summed E-state index contributed by atoms with van der Waals surface area (Å²) < 4.78 is 0. The maximum absolute atomic E-state index is 8.44. The predicted octanol–water partition coefficient (Wildman–Crippen LogP) is 2.56. The van der Waals surface area contributed by atoms with Gasteiger partial charge in [-0.1, -0.05) is 30.3 Å². The number of hydrogen-bond acceptors (Lipinski definition) is 2. The Labute approximate surface area is 74.8 Å². The number of nitrogens with one attached hydrogen (secondary N) is 1. The number of aromatic nitrogens is 2. The number of H-pyrrole nitrogens is 1. The van der Waals surface area contributed by atoms with E-state index in [0.29, 0.717) is 5.82 Å². The van der Waals surface area contributed by atoms with Crippen LogP contribution in [0.25, 0.3) is 16.2 Å². The first kappa shape index (κ1) is 7.50. The molecule has 62 valence electrons. The fraction of sp³-hybridized carbons (Fsp3) is 0. The van der Waals surface area contributed by atoms with E-state index >= 15 is 0 Å². The van der Waals surface area contributed by atoms with E-state index in [1.54, 1.807) is 6.07 Å². The summed E-state index contributed by atoms with van der Waals surface area (Å²) in [5.74, 6) is 0.291. The van der Waals surface area contributed by atoms with Crippen LogP contribution in [-0.4, -0.2) is 10.2 Å². The third kappa shape index (κ3) is 1.40. The summed E-state index contributed by atoms with van der Waals surface area (Å²) in [6.45, 7) is 0. The second-order valence-electron chi connectivity index (χ2n) is 2.61. The van der Waals surface area contributed by atoms with Gasteiger partial charge in [0, 0.05) is 10.5 Å². The van der Waals surface area contributed by atoms with Crippen molar-refractivity contribution in [3.8, 4) is 11.3 Å². The number of diazo groups is 1. The second-order valence-corrected chi connectivity index (χ2v) is 2.61. The average molecular weight is 171 g/mol. The van der Waals surface area contributed by atoms with E-state index < -0.39 is 0 Å². The highest BCUT2D eigenvalue weighted by Gasteiger charge is 2.11. The maximum Gasteiger partial charge on any atom is 0.488 e. The summed E-state index contributed by atoms with van der Waals surface area (Å²) in [5, 5.41) is 15.0. The summed E-state index contributed by atoms with van der Waals surface area (Å²) in [6.07, 6.45) is 0. The Morgan fingerprint density at radius 3 is 2.62 bits per heavy atom. The lowest BCUT2D eigenvalue weighted by molar-refractivity contribution is 1.10. The molecule has 0 bridgehead atoms. The Kier molecular flexibility index (Phi) is 1.77. The predicted molar refractivity (Wildman–Crippen MR) is 48.8 cm³/mol. The van der Waals surface area contributed by atoms with Gasteiger partial charge in [0.2, 0.25) is 0 Å². The van der Waals surface area contributed by atoms with Crippen molar-refractivity contribution < 1.29 is 0 Å². The molecule has 0 radical (unpaired) electrons. The van der Waals surface area contributed by atoms with Gasteiger partial charge in [-0.05, 0) is 0 Å². The molecule has 4 nitrogen and oxygen atoms in total. The van der Waals surface area contributed by atoms with E-state index in [-0.39, 0.29) is 0 Å². The van der Waals surface area contributed by atoms with Gasteiger partial charge < -0.3 is 0 Å². The summed E-state index contributed by atoms with van der Waals surface area (Å²) >= 11 is 0. The lowest BCUT2D eigenvalue weighted by Crippen LogP contribution is -1.75. The van der Waals surface area contributed by atoms with Gasteiger partial charge in [0.1, 0.15) is 0 Å². The largest absolute Gasteiger partial charge is 0.488 e. The smallest absolute Gasteiger partial charge is 0.184 e. The quantitative estimate of drug-likeness (QED) is 0.670. The summed E-state index contributed by atoms with van der Waals surface area (Å²) in [4.78, 5) is 2.97. The molecule has 0 aliphatic rings. The Bertz CT molecular complexity index is 438.